The summed E-state index contributed by atoms with van der Waals surface area (Å²) in [7, 11) is 0. The van der Waals surface area contributed by atoms with Crippen molar-refractivity contribution in [3.8, 4) is 5.75 Å². The Labute approximate surface area is 161 Å². The number of hydrazone groups is 1. The topological polar surface area (TPSA) is 28.1 Å². The summed E-state index contributed by atoms with van der Waals surface area (Å²) in [6, 6.07) is 16.2. The van der Waals surface area contributed by atoms with E-state index < -0.39 is 0 Å². The fourth-order valence-electron chi connectivity index (χ4n) is 2.90. The second kappa shape index (κ2) is 9.60. The summed E-state index contributed by atoms with van der Waals surface area (Å²) in [5.41, 5.74) is 2.28. The minimum atomic E-state index is 0.756. The van der Waals surface area contributed by atoms with Crippen LogP contribution in [0, 0.1) is 0 Å². The highest BCUT2D eigenvalue weighted by atomic mass is 35.5. The summed E-state index contributed by atoms with van der Waals surface area (Å²) in [6.45, 7) is 7.60. The van der Waals surface area contributed by atoms with Crippen LogP contribution in [-0.2, 0) is 6.54 Å². The molecule has 138 valence electrons. The van der Waals surface area contributed by atoms with E-state index >= 15 is 0 Å². The van der Waals surface area contributed by atoms with Gasteiger partial charge in [0.1, 0.15) is 5.75 Å². The summed E-state index contributed by atoms with van der Waals surface area (Å²) in [6.07, 6.45) is 2.94. The van der Waals surface area contributed by atoms with Crippen LogP contribution in [0.5, 0.6) is 5.75 Å². The summed E-state index contributed by atoms with van der Waals surface area (Å²) >= 11 is 6.26. The summed E-state index contributed by atoms with van der Waals surface area (Å²) in [4.78, 5) is 2.42. The summed E-state index contributed by atoms with van der Waals surface area (Å²) < 4.78 is 5.60. The van der Waals surface area contributed by atoms with Crippen molar-refractivity contribution in [1.82, 2.24) is 9.91 Å². The second-order valence-corrected chi connectivity index (χ2v) is 6.89. The monoisotopic (exact) mass is 371 g/mol. The van der Waals surface area contributed by atoms with E-state index in [2.05, 4.69) is 28.0 Å². The molecule has 0 aromatic heterocycles. The zero-order valence-electron chi connectivity index (χ0n) is 15.3. The molecule has 1 aliphatic heterocycles. The Morgan fingerprint density at radius 2 is 1.77 bits per heavy atom. The molecule has 0 atom stereocenters. The fourth-order valence-corrected chi connectivity index (χ4v) is 3.09. The molecule has 0 unspecified atom stereocenters. The molecule has 0 spiro atoms. The Kier molecular flexibility index (Phi) is 6.92. The molecule has 0 amide bonds. The average Bonchev–Trinajstić information content (AvgIpc) is 2.68. The average molecular weight is 372 g/mol. The number of halogens is 1. The number of hydrogen-bond acceptors (Lipinski definition) is 4. The van der Waals surface area contributed by atoms with Crippen molar-refractivity contribution in [3.05, 3.63) is 64.7 Å². The van der Waals surface area contributed by atoms with E-state index in [4.69, 9.17) is 16.3 Å². The van der Waals surface area contributed by atoms with Crippen molar-refractivity contribution in [2.75, 3.05) is 32.8 Å². The van der Waals surface area contributed by atoms with Gasteiger partial charge in [0.25, 0.3) is 0 Å². The molecule has 5 heteroatoms. The maximum absolute atomic E-state index is 6.26. The van der Waals surface area contributed by atoms with Gasteiger partial charge >= 0.3 is 0 Å². The number of ether oxygens (including phenoxy) is 1. The Hall–Kier alpha value is -2.04. The molecule has 1 heterocycles. The Bertz CT molecular complexity index is 709. The van der Waals surface area contributed by atoms with Gasteiger partial charge in [0.2, 0.25) is 0 Å². The van der Waals surface area contributed by atoms with Crippen LogP contribution in [0.2, 0.25) is 5.02 Å². The van der Waals surface area contributed by atoms with Crippen LogP contribution in [0.15, 0.2) is 53.6 Å². The van der Waals surface area contributed by atoms with Gasteiger partial charge in [-0.25, -0.2) is 0 Å². The van der Waals surface area contributed by atoms with E-state index in [1.54, 1.807) is 0 Å². The van der Waals surface area contributed by atoms with Crippen molar-refractivity contribution in [2.24, 2.45) is 5.10 Å². The van der Waals surface area contributed by atoms with Gasteiger partial charge in [0.15, 0.2) is 0 Å². The number of nitrogens with zero attached hydrogens (tertiary/aromatic N) is 3. The predicted molar refractivity (Wildman–Crippen MR) is 108 cm³/mol. The lowest BCUT2D eigenvalue weighted by atomic mass is 10.2. The zero-order chi connectivity index (χ0) is 18.2. The van der Waals surface area contributed by atoms with Crippen molar-refractivity contribution < 1.29 is 4.74 Å². The standard InChI is InChI=1S/C21H26ClN3O/c1-2-15-26-20-9-7-18(8-10-20)16-23-25-13-11-24(12-14-25)17-19-5-3-4-6-21(19)22/h3-10,16H,2,11-15,17H2,1H3/b23-16-. The SMILES string of the molecule is CCCOc1ccc(/C=N\N2CCN(Cc3ccccc3Cl)CC2)cc1. The first-order valence-electron chi connectivity index (χ1n) is 9.22. The van der Waals surface area contributed by atoms with Crippen LogP contribution >= 0.6 is 11.6 Å². The summed E-state index contributed by atoms with van der Waals surface area (Å²) in [5.74, 6) is 0.914. The Balaban J connectivity index is 1.46. The van der Waals surface area contributed by atoms with Crippen LogP contribution in [0.25, 0.3) is 0 Å². The molecule has 1 saturated heterocycles. The molecule has 2 aromatic carbocycles. The van der Waals surface area contributed by atoms with Crippen LogP contribution < -0.4 is 4.74 Å². The van der Waals surface area contributed by atoms with Gasteiger partial charge in [0.05, 0.1) is 12.8 Å². The van der Waals surface area contributed by atoms with E-state index in [1.165, 1.54) is 5.56 Å². The smallest absolute Gasteiger partial charge is 0.119 e. The van der Waals surface area contributed by atoms with Crippen molar-refractivity contribution in [1.29, 1.82) is 0 Å². The lowest BCUT2D eigenvalue weighted by Gasteiger charge is -2.33. The van der Waals surface area contributed by atoms with Crippen LogP contribution in [-0.4, -0.2) is 48.9 Å². The molecule has 2 aromatic rings. The van der Waals surface area contributed by atoms with E-state index in [0.717, 1.165) is 62.1 Å². The molecule has 1 fully saturated rings. The molecule has 26 heavy (non-hydrogen) atoms. The number of hydrogen-bond donors (Lipinski definition) is 0. The Morgan fingerprint density at radius 3 is 2.46 bits per heavy atom. The highest BCUT2D eigenvalue weighted by Crippen LogP contribution is 2.18. The quantitative estimate of drug-likeness (QED) is 0.680. The largest absolute Gasteiger partial charge is 0.494 e. The zero-order valence-corrected chi connectivity index (χ0v) is 16.0. The van der Waals surface area contributed by atoms with Crippen molar-refractivity contribution in [3.63, 3.8) is 0 Å². The van der Waals surface area contributed by atoms with E-state index in [-0.39, 0.29) is 0 Å². The van der Waals surface area contributed by atoms with E-state index in [0.29, 0.717) is 0 Å². The van der Waals surface area contributed by atoms with Gasteiger partial charge in [-0.1, -0.05) is 36.7 Å². The minimum absolute atomic E-state index is 0.756. The van der Waals surface area contributed by atoms with Gasteiger partial charge < -0.3 is 4.74 Å². The maximum atomic E-state index is 6.26. The lowest BCUT2D eigenvalue weighted by molar-refractivity contribution is 0.131. The molecule has 0 aliphatic carbocycles. The van der Waals surface area contributed by atoms with Gasteiger partial charge in [-0.2, -0.15) is 5.10 Å². The van der Waals surface area contributed by atoms with Crippen LogP contribution in [0.4, 0.5) is 0 Å². The third-order valence-electron chi connectivity index (χ3n) is 4.42. The van der Waals surface area contributed by atoms with Crippen LogP contribution in [0.3, 0.4) is 0 Å². The van der Waals surface area contributed by atoms with Gasteiger partial charge in [-0.05, 0) is 47.9 Å². The first-order chi connectivity index (χ1) is 12.7. The molecule has 3 rings (SSSR count). The third kappa shape index (κ3) is 5.48. The molecule has 0 N–H and O–H groups in total. The van der Waals surface area contributed by atoms with E-state index in [9.17, 15) is 0 Å². The Morgan fingerprint density at radius 1 is 1.04 bits per heavy atom. The van der Waals surface area contributed by atoms with Gasteiger partial charge in [-0.3, -0.25) is 9.91 Å². The number of benzene rings is 2. The maximum Gasteiger partial charge on any atom is 0.119 e. The molecule has 0 bridgehead atoms. The first kappa shape index (κ1) is 18.7. The summed E-state index contributed by atoms with van der Waals surface area (Å²) in [5, 5.41) is 7.60. The molecule has 1 aliphatic rings. The van der Waals surface area contributed by atoms with Crippen molar-refractivity contribution in [2.45, 2.75) is 19.9 Å². The van der Waals surface area contributed by atoms with Gasteiger partial charge in [0, 0.05) is 37.7 Å². The third-order valence-corrected chi connectivity index (χ3v) is 4.79. The molecule has 4 nitrogen and oxygen atoms in total. The number of rotatable bonds is 7. The minimum Gasteiger partial charge on any atom is -0.494 e. The highest BCUT2D eigenvalue weighted by Gasteiger charge is 2.16. The highest BCUT2D eigenvalue weighted by molar-refractivity contribution is 6.31. The van der Waals surface area contributed by atoms with Crippen molar-refractivity contribution >= 4 is 17.8 Å². The molecular formula is C21H26ClN3O. The molecule has 0 saturated carbocycles. The van der Waals surface area contributed by atoms with Crippen LogP contribution in [0.1, 0.15) is 24.5 Å². The second-order valence-electron chi connectivity index (χ2n) is 6.48. The molecule has 0 radical (unpaired) electrons. The number of piperazine rings is 1. The fraction of sp³-hybridized carbons (Fsp3) is 0.381. The lowest BCUT2D eigenvalue weighted by Crippen LogP contribution is -2.43. The predicted octanol–water partition coefficient (Wildman–Crippen LogP) is 4.28. The van der Waals surface area contributed by atoms with E-state index in [1.807, 2.05) is 48.7 Å². The van der Waals surface area contributed by atoms with Gasteiger partial charge in [-0.15, -0.1) is 0 Å². The normalized spacial score (nSPS) is 15.5. The molecular weight excluding hydrogens is 346 g/mol. The first-order valence-corrected chi connectivity index (χ1v) is 9.60.